The molecule has 2 heterocycles. The van der Waals surface area contributed by atoms with E-state index < -0.39 is 23.5 Å². The predicted octanol–water partition coefficient (Wildman–Crippen LogP) is 14.3. The zero-order valence-electron chi connectivity index (χ0n) is 32.5. The number of halogens is 6. The first kappa shape index (κ1) is 38.4. The lowest BCUT2D eigenvalue weighted by molar-refractivity contribution is -0.143. The molecule has 0 saturated carbocycles. The van der Waals surface area contributed by atoms with Gasteiger partial charge in [-0.2, -0.15) is 26.3 Å². The van der Waals surface area contributed by atoms with Crippen molar-refractivity contribution >= 4 is 21.8 Å². The number of benzene rings is 7. The van der Waals surface area contributed by atoms with Crippen LogP contribution in [0.4, 0.5) is 26.3 Å². The van der Waals surface area contributed by atoms with E-state index in [1.165, 1.54) is 0 Å². The highest BCUT2D eigenvalue weighted by Gasteiger charge is 2.37. The van der Waals surface area contributed by atoms with Crippen molar-refractivity contribution in [3.05, 3.63) is 179 Å². The van der Waals surface area contributed by atoms with Gasteiger partial charge in [0.05, 0.1) is 22.2 Å². The summed E-state index contributed by atoms with van der Waals surface area (Å²) < 4.78 is 88.0. The molecule has 0 atom stereocenters. The molecule has 0 radical (unpaired) electrons. The molecule has 2 aromatic heterocycles. The molecular formula is C50H34F6N4. The molecule has 9 rings (SSSR count). The predicted molar refractivity (Wildman–Crippen MR) is 226 cm³/mol. The number of hydrogen-bond donors (Lipinski definition) is 0. The summed E-state index contributed by atoms with van der Waals surface area (Å²) in [7, 11) is 0. The van der Waals surface area contributed by atoms with Crippen LogP contribution in [-0.2, 0) is 12.4 Å². The number of aromatic nitrogens is 4. The first-order chi connectivity index (χ1) is 28.7. The molecule has 0 bridgehead atoms. The Morgan fingerprint density at radius 1 is 0.417 bits per heavy atom. The summed E-state index contributed by atoms with van der Waals surface area (Å²) in [6.45, 7) is 6.23. The van der Waals surface area contributed by atoms with E-state index in [-0.39, 0.29) is 40.2 Å². The average Bonchev–Trinajstić information content (AvgIpc) is 3.56. The van der Waals surface area contributed by atoms with Crippen molar-refractivity contribution in [2.45, 2.75) is 33.1 Å². The highest BCUT2D eigenvalue weighted by Crippen LogP contribution is 2.43. The van der Waals surface area contributed by atoms with E-state index in [0.29, 0.717) is 16.8 Å². The van der Waals surface area contributed by atoms with Crippen LogP contribution < -0.4 is 0 Å². The van der Waals surface area contributed by atoms with Gasteiger partial charge in [-0.05, 0) is 96.6 Å². The van der Waals surface area contributed by atoms with Crippen LogP contribution >= 0.6 is 0 Å². The third kappa shape index (κ3) is 7.08. The van der Waals surface area contributed by atoms with Crippen molar-refractivity contribution < 1.29 is 26.3 Å². The molecule has 0 saturated heterocycles. The number of alkyl halides is 6. The minimum Gasteiger partial charge on any atom is -0.309 e. The third-order valence-corrected chi connectivity index (χ3v) is 10.7. The van der Waals surface area contributed by atoms with E-state index in [0.717, 1.165) is 61.8 Å². The van der Waals surface area contributed by atoms with Gasteiger partial charge in [-0.1, -0.05) is 115 Å². The van der Waals surface area contributed by atoms with Gasteiger partial charge in [0.25, 0.3) is 0 Å². The zero-order chi connectivity index (χ0) is 41.9. The molecule has 10 heteroatoms. The van der Waals surface area contributed by atoms with Crippen LogP contribution in [0.15, 0.2) is 152 Å². The topological polar surface area (TPSA) is 43.6 Å². The lowest BCUT2D eigenvalue weighted by Crippen LogP contribution is -2.11. The van der Waals surface area contributed by atoms with Crippen molar-refractivity contribution in [1.82, 2.24) is 19.5 Å². The summed E-state index contributed by atoms with van der Waals surface area (Å²) in [6, 6.07) is 43.4. The maximum atomic E-state index is 14.3. The van der Waals surface area contributed by atoms with Crippen molar-refractivity contribution in [2.75, 3.05) is 0 Å². The van der Waals surface area contributed by atoms with Crippen molar-refractivity contribution in [3.63, 3.8) is 0 Å². The van der Waals surface area contributed by atoms with Gasteiger partial charge in [-0.3, -0.25) is 0 Å². The molecule has 0 fully saturated rings. The maximum absolute atomic E-state index is 14.3. The fourth-order valence-electron chi connectivity index (χ4n) is 8.19. The van der Waals surface area contributed by atoms with Gasteiger partial charge >= 0.3 is 12.4 Å². The van der Waals surface area contributed by atoms with Crippen molar-refractivity contribution in [3.8, 4) is 62.1 Å². The molecule has 7 aromatic carbocycles. The Morgan fingerprint density at radius 2 is 0.950 bits per heavy atom. The van der Waals surface area contributed by atoms with E-state index in [2.05, 4.69) is 55.7 Å². The normalized spacial score (nSPS) is 12.1. The van der Waals surface area contributed by atoms with Crippen LogP contribution in [0.25, 0.3) is 83.9 Å². The Hall–Kier alpha value is -7.07. The van der Waals surface area contributed by atoms with E-state index in [9.17, 15) is 26.3 Å². The molecule has 0 N–H and O–H groups in total. The SMILES string of the molecule is Cc1cc(C)c(-c2ccc3c4ccccc4n(-c4ccc(-c5cc(C(F)(F)F)cc(C(F)(F)F)c5)c(-c5nc(-c6ccccc6)nc(-c6ccccc6)n5)c4)c3c2)c(C)c1. The number of fused-ring (bicyclic) bond motifs is 3. The van der Waals surface area contributed by atoms with Crippen LogP contribution in [0.3, 0.4) is 0 Å². The highest BCUT2D eigenvalue weighted by atomic mass is 19.4. The van der Waals surface area contributed by atoms with Gasteiger partial charge in [0, 0.05) is 33.2 Å². The second-order valence-electron chi connectivity index (χ2n) is 14.9. The molecule has 9 aromatic rings. The smallest absolute Gasteiger partial charge is 0.309 e. The van der Waals surface area contributed by atoms with Gasteiger partial charge < -0.3 is 4.57 Å². The quantitative estimate of drug-likeness (QED) is 0.157. The lowest BCUT2D eigenvalue weighted by Gasteiger charge is -2.18. The summed E-state index contributed by atoms with van der Waals surface area (Å²) in [5.41, 5.74) is 6.24. The molecule has 60 heavy (non-hydrogen) atoms. The number of para-hydroxylation sites is 1. The first-order valence-electron chi connectivity index (χ1n) is 19.2. The third-order valence-electron chi connectivity index (χ3n) is 10.7. The maximum Gasteiger partial charge on any atom is 0.416 e. The summed E-state index contributed by atoms with van der Waals surface area (Å²) in [6.07, 6.45) is -10.1. The summed E-state index contributed by atoms with van der Waals surface area (Å²) in [5, 5.41) is 1.93. The Bertz CT molecular complexity index is 2980. The number of rotatable bonds is 6. The van der Waals surface area contributed by atoms with E-state index >= 15 is 0 Å². The van der Waals surface area contributed by atoms with Crippen molar-refractivity contribution in [1.29, 1.82) is 0 Å². The van der Waals surface area contributed by atoms with Gasteiger partial charge in [0.2, 0.25) is 0 Å². The molecular weight excluding hydrogens is 771 g/mol. The van der Waals surface area contributed by atoms with E-state index in [1.54, 1.807) is 18.2 Å². The van der Waals surface area contributed by atoms with Gasteiger partial charge in [-0.15, -0.1) is 0 Å². The van der Waals surface area contributed by atoms with E-state index in [4.69, 9.17) is 15.0 Å². The van der Waals surface area contributed by atoms with Crippen LogP contribution in [0.1, 0.15) is 27.8 Å². The molecule has 0 spiro atoms. The highest BCUT2D eigenvalue weighted by molar-refractivity contribution is 6.10. The lowest BCUT2D eigenvalue weighted by atomic mass is 9.93. The van der Waals surface area contributed by atoms with Crippen LogP contribution in [-0.4, -0.2) is 19.5 Å². The number of nitrogens with zero attached hydrogens (tertiary/aromatic N) is 4. The van der Waals surface area contributed by atoms with Crippen LogP contribution in [0.5, 0.6) is 0 Å². The molecule has 0 aliphatic carbocycles. The Morgan fingerprint density at radius 3 is 1.53 bits per heavy atom. The molecule has 0 unspecified atom stereocenters. The first-order valence-corrected chi connectivity index (χ1v) is 19.2. The summed E-state index contributed by atoms with van der Waals surface area (Å²) in [5.74, 6) is 0.625. The molecule has 0 aliphatic rings. The summed E-state index contributed by atoms with van der Waals surface area (Å²) in [4.78, 5) is 14.5. The molecule has 296 valence electrons. The largest absolute Gasteiger partial charge is 0.416 e. The van der Waals surface area contributed by atoms with Crippen LogP contribution in [0, 0.1) is 20.8 Å². The number of aryl methyl sites for hydroxylation is 3. The van der Waals surface area contributed by atoms with E-state index in [1.807, 2.05) is 84.9 Å². The zero-order valence-corrected chi connectivity index (χ0v) is 32.5. The Labute approximate surface area is 341 Å². The Kier molecular flexibility index (Phi) is 9.38. The monoisotopic (exact) mass is 804 g/mol. The number of hydrogen-bond acceptors (Lipinski definition) is 3. The second-order valence-corrected chi connectivity index (χ2v) is 14.9. The van der Waals surface area contributed by atoms with Gasteiger partial charge in [0.1, 0.15) is 0 Å². The Balaban J connectivity index is 1.36. The standard InChI is InChI=1S/C50H34F6N4/c1-29-22-30(2)45(31(3)23-29)34-18-20-41-40-16-10-11-17-43(40)60(44(41)26-34)38-19-21-39(35-24-36(49(51,52)53)27-37(25-35)50(54,55)56)42(28-38)48-58-46(32-12-6-4-7-13-32)57-47(59-48)33-14-8-5-9-15-33/h4-28H,1-3H3. The fourth-order valence-corrected chi connectivity index (χ4v) is 8.19. The van der Waals surface area contributed by atoms with Gasteiger partial charge in [-0.25, -0.2) is 15.0 Å². The van der Waals surface area contributed by atoms with Crippen molar-refractivity contribution in [2.24, 2.45) is 0 Å². The average molecular weight is 805 g/mol. The molecule has 4 nitrogen and oxygen atoms in total. The van der Waals surface area contributed by atoms with Crippen LogP contribution in [0.2, 0.25) is 0 Å². The minimum atomic E-state index is -5.06. The molecule has 0 aliphatic heterocycles. The molecule has 0 amide bonds. The fraction of sp³-hybridized carbons (Fsp3) is 0.100. The van der Waals surface area contributed by atoms with Gasteiger partial charge in [0.15, 0.2) is 17.5 Å². The summed E-state index contributed by atoms with van der Waals surface area (Å²) >= 11 is 0. The minimum absolute atomic E-state index is 0.0675. The second kappa shape index (κ2) is 14.6.